The van der Waals surface area contributed by atoms with E-state index in [9.17, 15) is 8.42 Å². The lowest BCUT2D eigenvalue weighted by atomic mass is 10.3. The highest BCUT2D eigenvalue weighted by Gasteiger charge is 2.40. The standard InChI is InChI=1S/C12H20N2O3S/c1-2-12(8-13)18(15,16)14(10-5-6-10)9-11-4-3-7-17-11/h3-4,7,10,12H,2,5-6,8-9,13H2,1H3. The maximum Gasteiger partial charge on any atom is 0.218 e. The fourth-order valence-electron chi connectivity index (χ4n) is 2.04. The average molecular weight is 272 g/mol. The average Bonchev–Trinajstić information content (AvgIpc) is 3.04. The van der Waals surface area contributed by atoms with E-state index in [4.69, 9.17) is 10.2 Å². The van der Waals surface area contributed by atoms with Crippen molar-refractivity contribution < 1.29 is 12.8 Å². The van der Waals surface area contributed by atoms with Crippen molar-refractivity contribution in [3.8, 4) is 0 Å². The van der Waals surface area contributed by atoms with Crippen molar-refractivity contribution in [1.82, 2.24) is 4.31 Å². The van der Waals surface area contributed by atoms with Crippen LogP contribution in [0.1, 0.15) is 31.9 Å². The van der Waals surface area contributed by atoms with E-state index in [-0.39, 0.29) is 12.6 Å². The van der Waals surface area contributed by atoms with Gasteiger partial charge >= 0.3 is 0 Å². The molecule has 5 nitrogen and oxygen atoms in total. The highest BCUT2D eigenvalue weighted by Crippen LogP contribution is 2.32. The number of sulfonamides is 1. The minimum absolute atomic E-state index is 0.126. The predicted molar refractivity (Wildman–Crippen MR) is 69.3 cm³/mol. The molecule has 1 aliphatic carbocycles. The van der Waals surface area contributed by atoms with Gasteiger partial charge in [-0.2, -0.15) is 4.31 Å². The Morgan fingerprint density at radius 3 is 2.72 bits per heavy atom. The first-order valence-electron chi connectivity index (χ1n) is 6.32. The van der Waals surface area contributed by atoms with Crippen LogP contribution in [0.3, 0.4) is 0 Å². The van der Waals surface area contributed by atoms with Gasteiger partial charge in [0.1, 0.15) is 5.76 Å². The molecule has 102 valence electrons. The monoisotopic (exact) mass is 272 g/mol. The Labute approximate surface area is 108 Å². The third kappa shape index (κ3) is 2.76. The fourth-order valence-corrected chi connectivity index (χ4v) is 4.02. The van der Waals surface area contributed by atoms with Gasteiger partial charge in [-0.15, -0.1) is 0 Å². The number of rotatable bonds is 7. The van der Waals surface area contributed by atoms with Gasteiger partial charge in [0.05, 0.1) is 18.1 Å². The molecule has 0 aromatic carbocycles. The molecule has 0 bridgehead atoms. The summed E-state index contributed by atoms with van der Waals surface area (Å²) in [5, 5.41) is -0.493. The van der Waals surface area contributed by atoms with Crippen LogP contribution in [0.5, 0.6) is 0 Å². The Morgan fingerprint density at radius 2 is 2.28 bits per heavy atom. The molecular formula is C12H20N2O3S. The van der Waals surface area contributed by atoms with Crippen LogP contribution in [0.4, 0.5) is 0 Å². The zero-order valence-electron chi connectivity index (χ0n) is 10.6. The van der Waals surface area contributed by atoms with E-state index >= 15 is 0 Å². The summed E-state index contributed by atoms with van der Waals surface area (Å²) in [5.74, 6) is 0.678. The van der Waals surface area contributed by atoms with Gasteiger partial charge in [0.25, 0.3) is 0 Å². The normalized spacial score (nSPS) is 18.2. The molecule has 0 amide bonds. The maximum absolute atomic E-state index is 12.5. The number of nitrogens with two attached hydrogens (primary N) is 1. The zero-order valence-corrected chi connectivity index (χ0v) is 11.4. The lowest BCUT2D eigenvalue weighted by Crippen LogP contribution is -2.42. The molecule has 1 aliphatic rings. The molecule has 1 heterocycles. The van der Waals surface area contributed by atoms with Gasteiger partial charge in [0.15, 0.2) is 0 Å². The van der Waals surface area contributed by atoms with Crippen molar-refractivity contribution in [2.24, 2.45) is 5.73 Å². The van der Waals surface area contributed by atoms with E-state index in [0.29, 0.717) is 18.7 Å². The minimum Gasteiger partial charge on any atom is -0.468 e. The summed E-state index contributed by atoms with van der Waals surface area (Å²) in [6.07, 6.45) is 3.97. The number of nitrogens with zero attached hydrogens (tertiary/aromatic N) is 1. The van der Waals surface area contributed by atoms with Crippen LogP contribution in [0, 0.1) is 0 Å². The van der Waals surface area contributed by atoms with Crippen molar-refractivity contribution in [3.63, 3.8) is 0 Å². The van der Waals surface area contributed by atoms with E-state index in [0.717, 1.165) is 12.8 Å². The molecule has 1 aromatic rings. The highest BCUT2D eigenvalue weighted by atomic mass is 32.2. The Bertz CT molecular complexity index is 462. The third-order valence-electron chi connectivity index (χ3n) is 3.31. The second-order valence-electron chi connectivity index (χ2n) is 4.67. The summed E-state index contributed by atoms with van der Waals surface area (Å²) in [6, 6.07) is 3.70. The summed E-state index contributed by atoms with van der Waals surface area (Å²) in [6.45, 7) is 2.34. The van der Waals surface area contributed by atoms with Crippen LogP contribution in [-0.4, -0.2) is 30.6 Å². The Morgan fingerprint density at radius 1 is 1.56 bits per heavy atom. The van der Waals surface area contributed by atoms with Crippen LogP contribution >= 0.6 is 0 Å². The molecule has 2 N–H and O–H groups in total. The lowest BCUT2D eigenvalue weighted by molar-refractivity contribution is 0.351. The molecular weight excluding hydrogens is 252 g/mol. The molecule has 1 saturated carbocycles. The topological polar surface area (TPSA) is 76.5 Å². The second kappa shape index (κ2) is 5.42. The molecule has 1 unspecified atom stereocenters. The molecule has 0 aliphatic heterocycles. The quantitative estimate of drug-likeness (QED) is 0.812. The van der Waals surface area contributed by atoms with E-state index in [1.807, 2.05) is 6.92 Å². The first-order chi connectivity index (χ1) is 8.59. The van der Waals surface area contributed by atoms with Gasteiger partial charge in [0.2, 0.25) is 10.0 Å². The molecule has 1 aromatic heterocycles. The van der Waals surface area contributed by atoms with Crippen molar-refractivity contribution >= 4 is 10.0 Å². The van der Waals surface area contributed by atoms with Crippen LogP contribution < -0.4 is 5.73 Å². The van der Waals surface area contributed by atoms with Crippen molar-refractivity contribution in [2.75, 3.05) is 6.54 Å². The van der Waals surface area contributed by atoms with Gasteiger partial charge in [0, 0.05) is 12.6 Å². The van der Waals surface area contributed by atoms with E-state index in [1.54, 1.807) is 22.7 Å². The van der Waals surface area contributed by atoms with E-state index in [1.165, 1.54) is 0 Å². The van der Waals surface area contributed by atoms with Crippen molar-refractivity contribution in [1.29, 1.82) is 0 Å². The van der Waals surface area contributed by atoms with Gasteiger partial charge in [-0.25, -0.2) is 8.42 Å². The maximum atomic E-state index is 12.5. The summed E-state index contributed by atoms with van der Waals surface area (Å²) >= 11 is 0. The minimum atomic E-state index is -3.33. The first-order valence-corrected chi connectivity index (χ1v) is 7.83. The van der Waals surface area contributed by atoms with Crippen LogP contribution in [0.15, 0.2) is 22.8 Å². The summed E-state index contributed by atoms with van der Waals surface area (Å²) < 4.78 is 31.8. The largest absolute Gasteiger partial charge is 0.468 e. The zero-order chi connectivity index (χ0) is 13.2. The Hall–Kier alpha value is -0.850. The summed E-state index contributed by atoms with van der Waals surface area (Å²) in [4.78, 5) is 0. The first kappa shape index (κ1) is 13.6. The number of hydrogen-bond donors (Lipinski definition) is 1. The lowest BCUT2D eigenvalue weighted by Gasteiger charge is -2.25. The molecule has 18 heavy (non-hydrogen) atoms. The van der Waals surface area contributed by atoms with Crippen molar-refractivity contribution in [3.05, 3.63) is 24.2 Å². The summed E-state index contributed by atoms with van der Waals surface area (Å²) in [5.41, 5.74) is 5.57. The molecule has 1 atom stereocenters. The van der Waals surface area contributed by atoms with Crippen molar-refractivity contribution in [2.45, 2.75) is 44.0 Å². The van der Waals surface area contributed by atoms with Gasteiger partial charge in [-0.1, -0.05) is 6.92 Å². The predicted octanol–water partition coefficient (Wildman–Crippen LogP) is 1.31. The second-order valence-corrected chi connectivity index (χ2v) is 6.83. The molecule has 0 saturated heterocycles. The van der Waals surface area contributed by atoms with Crippen LogP contribution in [0.2, 0.25) is 0 Å². The molecule has 0 spiro atoms. The fraction of sp³-hybridized carbons (Fsp3) is 0.667. The van der Waals surface area contributed by atoms with Gasteiger partial charge in [-0.3, -0.25) is 0 Å². The van der Waals surface area contributed by atoms with E-state index in [2.05, 4.69) is 0 Å². The summed E-state index contributed by atoms with van der Waals surface area (Å²) in [7, 11) is -3.33. The molecule has 0 radical (unpaired) electrons. The highest BCUT2D eigenvalue weighted by molar-refractivity contribution is 7.89. The van der Waals surface area contributed by atoms with E-state index < -0.39 is 15.3 Å². The van der Waals surface area contributed by atoms with Crippen LogP contribution in [-0.2, 0) is 16.6 Å². The SMILES string of the molecule is CCC(CN)S(=O)(=O)N(Cc1ccco1)C1CC1. The Kier molecular flexibility index (Phi) is 4.09. The van der Waals surface area contributed by atoms with Gasteiger partial charge < -0.3 is 10.2 Å². The Balaban J connectivity index is 2.19. The number of furan rings is 1. The molecule has 2 rings (SSSR count). The molecule has 1 fully saturated rings. The number of hydrogen-bond acceptors (Lipinski definition) is 4. The third-order valence-corrected chi connectivity index (χ3v) is 5.76. The molecule has 6 heteroatoms. The smallest absolute Gasteiger partial charge is 0.218 e. The van der Waals surface area contributed by atoms with Crippen LogP contribution in [0.25, 0.3) is 0 Å². The van der Waals surface area contributed by atoms with Gasteiger partial charge in [-0.05, 0) is 31.4 Å².